The lowest BCUT2D eigenvalue weighted by Crippen LogP contribution is -2.35. The van der Waals surface area contributed by atoms with E-state index in [0.29, 0.717) is 26.4 Å². The van der Waals surface area contributed by atoms with Gasteiger partial charge in [-0.05, 0) is 126 Å². The Bertz CT molecular complexity index is 2070. The van der Waals surface area contributed by atoms with E-state index in [1.807, 2.05) is 22.7 Å². The highest BCUT2D eigenvalue weighted by Gasteiger charge is 2.43. The molecule has 2 aliphatic heterocycles. The van der Waals surface area contributed by atoms with Gasteiger partial charge in [0.1, 0.15) is 0 Å². The third-order valence-corrected chi connectivity index (χ3v) is 19.9. The zero-order valence-corrected chi connectivity index (χ0v) is 36.7. The third-order valence-electron chi connectivity index (χ3n) is 11.6. The van der Waals surface area contributed by atoms with Crippen molar-refractivity contribution in [2.45, 2.75) is 79.4 Å². The largest absolute Gasteiger partial charge is 0.378 e. The van der Waals surface area contributed by atoms with Crippen LogP contribution in [-0.4, -0.2) is 38.6 Å². The molecule has 4 atom stereocenters. The monoisotopic (exact) mass is 802 g/mol. The van der Waals surface area contributed by atoms with Crippen LogP contribution in [0, 0.1) is 55.4 Å². The molecule has 2 saturated heterocycles. The van der Waals surface area contributed by atoms with Crippen LogP contribution in [0.25, 0.3) is 0 Å². The Balaban J connectivity index is 1.18. The minimum Gasteiger partial charge on any atom is -0.378 e. The molecule has 4 heterocycles. The van der Waals surface area contributed by atoms with Crippen LogP contribution in [0.2, 0.25) is 0 Å². The maximum absolute atomic E-state index is 7.40. The summed E-state index contributed by atoms with van der Waals surface area (Å²) in [6, 6.07) is 36.0. The van der Waals surface area contributed by atoms with Gasteiger partial charge in [0.05, 0.1) is 38.6 Å². The van der Waals surface area contributed by atoms with Crippen molar-refractivity contribution in [3.63, 3.8) is 0 Å². The van der Waals surface area contributed by atoms with Gasteiger partial charge in [-0.2, -0.15) is 0 Å². The van der Waals surface area contributed by atoms with Gasteiger partial charge < -0.3 is 14.2 Å². The Morgan fingerprint density at radius 2 is 0.745 bits per heavy atom. The van der Waals surface area contributed by atoms with E-state index in [-0.39, 0.29) is 24.0 Å². The van der Waals surface area contributed by atoms with Crippen LogP contribution >= 0.6 is 38.5 Å². The van der Waals surface area contributed by atoms with E-state index in [9.17, 15) is 0 Å². The molecule has 6 aromatic rings. The molecule has 2 aliphatic rings. The predicted molar refractivity (Wildman–Crippen MR) is 240 cm³/mol. The summed E-state index contributed by atoms with van der Waals surface area (Å²) in [5, 5.41) is 8.73. The first-order chi connectivity index (χ1) is 26.6. The van der Waals surface area contributed by atoms with E-state index in [1.165, 1.54) is 84.7 Å². The lowest BCUT2D eigenvalue weighted by atomic mass is 9.93. The van der Waals surface area contributed by atoms with E-state index in [1.54, 1.807) is 0 Å². The second-order valence-corrected chi connectivity index (χ2v) is 22.3. The minimum absolute atomic E-state index is 0.0519. The Hall–Kier alpha value is -2.98. The van der Waals surface area contributed by atoms with E-state index >= 15 is 0 Å². The fourth-order valence-electron chi connectivity index (χ4n) is 8.91. The smallest absolute Gasteiger partial charge is 0.0904 e. The van der Waals surface area contributed by atoms with E-state index in [4.69, 9.17) is 14.2 Å². The first-order valence-electron chi connectivity index (χ1n) is 19.5. The molecule has 55 heavy (non-hydrogen) atoms. The van der Waals surface area contributed by atoms with Gasteiger partial charge in [0.2, 0.25) is 0 Å². The molecule has 0 aliphatic carbocycles. The molecule has 3 nitrogen and oxygen atoms in total. The fraction of sp³-hybridized carbons (Fsp3) is 0.333. The van der Waals surface area contributed by atoms with Gasteiger partial charge in [-0.3, -0.25) is 0 Å². The fourth-order valence-corrected chi connectivity index (χ4v) is 17.8. The van der Waals surface area contributed by atoms with Gasteiger partial charge in [0.15, 0.2) is 0 Å². The van der Waals surface area contributed by atoms with Gasteiger partial charge in [0.25, 0.3) is 0 Å². The van der Waals surface area contributed by atoms with Gasteiger partial charge in [-0.25, -0.2) is 0 Å². The van der Waals surface area contributed by atoms with Crippen molar-refractivity contribution >= 4 is 70.3 Å². The molecule has 2 fully saturated rings. The second-order valence-electron chi connectivity index (χ2n) is 15.3. The van der Waals surface area contributed by atoms with Crippen LogP contribution in [-0.2, 0) is 14.2 Å². The predicted octanol–water partition coefficient (Wildman–Crippen LogP) is 9.47. The Kier molecular flexibility index (Phi) is 11.6. The number of benzene rings is 4. The van der Waals surface area contributed by atoms with Crippen molar-refractivity contribution in [2.24, 2.45) is 0 Å². The molecule has 4 aromatic carbocycles. The zero-order valence-electron chi connectivity index (χ0n) is 33.3. The topological polar surface area (TPSA) is 27.7 Å². The number of hydrogen-bond donors (Lipinski definition) is 0. The summed E-state index contributed by atoms with van der Waals surface area (Å²) in [7, 11) is -1.58. The summed E-state index contributed by atoms with van der Waals surface area (Å²) in [6.07, 6.45) is -0.104. The van der Waals surface area contributed by atoms with E-state index in [2.05, 4.69) is 152 Å². The van der Waals surface area contributed by atoms with Crippen molar-refractivity contribution < 1.29 is 14.2 Å². The van der Waals surface area contributed by atoms with Crippen LogP contribution in [0.5, 0.6) is 0 Å². The molecule has 0 N–H and O–H groups in total. The Labute approximate surface area is 338 Å². The summed E-state index contributed by atoms with van der Waals surface area (Å²) in [4.78, 5) is 5.60. The highest BCUT2D eigenvalue weighted by atomic mass is 32.1. The standard InChI is InChI=1S/C48H52O3P2S2/c1-29-17-9-13-21-41(29)52(42-22-14-10-18-30(42)2)47-35(7)54-33(5)45(47)37-25-49-27-39(37)51-40-28-50-26-38(40)46-34(6)55-36(8)48(46)53(43-23-15-11-19-31(43)3)44-24-16-12-20-32(44)4/h9-24,37-40H,25-28H2,1-8H3/t37-,38-,39-,40-/m0/s1. The van der Waals surface area contributed by atoms with Crippen LogP contribution in [0.4, 0.5) is 0 Å². The molecule has 0 amide bonds. The van der Waals surface area contributed by atoms with Gasteiger partial charge in [0, 0.05) is 42.0 Å². The Morgan fingerprint density at radius 1 is 0.436 bits per heavy atom. The van der Waals surface area contributed by atoms with Crippen molar-refractivity contribution in [3.05, 3.63) is 150 Å². The summed E-state index contributed by atoms with van der Waals surface area (Å²) in [5.41, 5.74) is 8.29. The molecule has 2 aromatic heterocycles. The second kappa shape index (κ2) is 16.5. The summed E-state index contributed by atoms with van der Waals surface area (Å²) in [5.74, 6) is 0.306. The molecule has 0 unspecified atom stereocenters. The van der Waals surface area contributed by atoms with E-state index < -0.39 is 15.8 Å². The van der Waals surface area contributed by atoms with Gasteiger partial charge in [-0.1, -0.05) is 97.1 Å². The highest BCUT2D eigenvalue weighted by Crippen LogP contribution is 2.47. The van der Waals surface area contributed by atoms with Gasteiger partial charge >= 0.3 is 0 Å². The average Bonchev–Trinajstić information content (AvgIpc) is 3.94. The van der Waals surface area contributed by atoms with Gasteiger partial charge in [-0.15, -0.1) is 22.7 Å². The van der Waals surface area contributed by atoms with Crippen molar-refractivity contribution in [1.82, 2.24) is 0 Å². The molecule has 284 valence electrons. The van der Waals surface area contributed by atoms with Crippen molar-refractivity contribution in [2.75, 3.05) is 26.4 Å². The molecular formula is C48H52O3P2S2. The van der Waals surface area contributed by atoms with Crippen LogP contribution < -0.4 is 31.8 Å². The zero-order chi connectivity index (χ0) is 38.4. The average molecular weight is 803 g/mol. The molecule has 0 radical (unpaired) electrons. The SMILES string of the molecule is Cc1ccccc1P(c1ccccc1C)c1c(C)sc(C)c1[C@H]1COC[C@@H]1O[C@H]1COC[C@@H]1c1c(C)sc(C)c1P(c1ccccc1C)c1ccccc1C. The minimum atomic E-state index is -0.789. The number of hydrogen-bond acceptors (Lipinski definition) is 5. The van der Waals surface area contributed by atoms with Crippen LogP contribution in [0.3, 0.4) is 0 Å². The number of ether oxygens (including phenoxy) is 3. The quantitative estimate of drug-likeness (QED) is 0.129. The van der Waals surface area contributed by atoms with Crippen molar-refractivity contribution in [1.29, 1.82) is 0 Å². The van der Waals surface area contributed by atoms with Crippen LogP contribution in [0.15, 0.2) is 97.1 Å². The Morgan fingerprint density at radius 3 is 1.05 bits per heavy atom. The lowest BCUT2D eigenvalue weighted by Gasteiger charge is -2.30. The highest BCUT2D eigenvalue weighted by molar-refractivity contribution is 7.81. The lowest BCUT2D eigenvalue weighted by molar-refractivity contribution is -0.0292. The molecule has 8 rings (SSSR count). The molecular weight excluding hydrogens is 751 g/mol. The van der Waals surface area contributed by atoms with Crippen molar-refractivity contribution in [3.8, 4) is 0 Å². The first kappa shape index (κ1) is 38.9. The summed E-state index contributed by atoms with van der Waals surface area (Å²) >= 11 is 3.89. The summed E-state index contributed by atoms with van der Waals surface area (Å²) in [6.45, 7) is 20.9. The molecule has 0 bridgehead atoms. The normalized spacial score (nSPS) is 20.0. The number of rotatable bonds is 10. The van der Waals surface area contributed by atoms with E-state index in [0.717, 1.165) is 0 Å². The maximum Gasteiger partial charge on any atom is 0.0904 e. The van der Waals surface area contributed by atoms with Crippen LogP contribution in [0.1, 0.15) is 64.7 Å². The number of thiophene rings is 2. The summed E-state index contributed by atoms with van der Waals surface area (Å²) < 4.78 is 20.2. The molecule has 0 spiro atoms. The number of aryl methyl sites for hydroxylation is 8. The third kappa shape index (κ3) is 7.37. The first-order valence-corrected chi connectivity index (χ1v) is 23.8. The molecule has 0 saturated carbocycles. The molecule has 7 heteroatoms. The maximum atomic E-state index is 7.40.